The number of rotatable bonds is 3. The van der Waals surface area contributed by atoms with E-state index in [4.69, 9.17) is 25.0 Å². The first-order chi connectivity index (χ1) is 12.7. The van der Waals surface area contributed by atoms with Crippen LogP contribution in [0.1, 0.15) is 20.1 Å². The first-order valence-corrected chi connectivity index (χ1v) is 7.91. The van der Waals surface area contributed by atoms with E-state index in [-0.39, 0.29) is 17.0 Å². The van der Waals surface area contributed by atoms with Crippen molar-refractivity contribution in [2.75, 3.05) is 5.73 Å². The van der Waals surface area contributed by atoms with Gasteiger partial charge in [-0.15, -0.1) is 0 Å². The molecule has 2 saturated heterocycles. The summed E-state index contributed by atoms with van der Waals surface area (Å²) in [6.07, 6.45) is -3.60. The number of anilines is 1. The maximum absolute atomic E-state index is 11.8. The van der Waals surface area contributed by atoms with Crippen LogP contribution in [0.2, 0.25) is 0 Å². The fourth-order valence-electron chi connectivity index (χ4n) is 3.13. The molecule has 2 aromatic rings. The zero-order chi connectivity index (χ0) is 19.6. The molecule has 5 N–H and O–H groups in total. The number of imidazole rings is 1. The van der Waals surface area contributed by atoms with E-state index in [1.165, 1.54) is 31.1 Å². The van der Waals surface area contributed by atoms with E-state index < -0.39 is 42.1 Å². The molecule has 27 heavy (non-hydrogen) atoms. The lowest BCUT2D eigenvalue weighted by molar-refractivity contribution is -0.357. The van der Waals surface area contributed by atoms with E-state index in [0.29, 0.717) is 0 Å². The third-order valence-corrected chi connectivity index (χ3v) is 4.34. The Morgan fingerprint density at radius 1 is 1.22 bits per heavy atom. The van der Waals surface area contributed by atoms with Gasteiger partial charge in [0.2, 0.25) is 0 Å². The molecule has 0 bridgehead atoms. The molecule has 0 aromatic carbocycles. The predicted octanol–water partition coefficient (Wildman–Crippen LogP) is -1.48. The van der Waals surface area contributed by atoms with Gasteiger partial charge in [-0.05, 0) is 13.8 Å². The topological polar surface area (TPSA) is 184 Å². The minimum Gasteiger partial charge on any atom is -0.477 e. The SMILES string of the molecule is CC1(C)OOC(C(=O)O)([C@H]2O[C@@H](n3cnc4c(N)ncnc43)[C@H](O)[C@@H]2O)O1. The Morgan fingerprint density at radius 3 is 2.59 bits per heavy atom. The summed E-state index contributed by atoms with van der Waals surface area (Å²) in [5.74, 6) is -5.37. The highest BCUT2D eigenvalue weighted by atomic mass is 17.3. The molecule has 4 heterocycles. The first kappa shape index (κ1) is 18.0. The van der Waals surface area contributed by atoms with Gasteiger partial charge in [0.05, 0.1) is 6.33 Å². The summed E-state index contributed by atoms with van der Waals surface area (Å²) < 4.78 is 12.3. The number of fused-ring (bicyclic) bond motifs is 1. The maximum Gasteiger partial charge on any atom is 0.370 e. The molecule has 0 radical (unpaired) electrons. The van der Waals surface area contributed by atoms with Gasteiger partial charge in [0.25, 0.3) is 0 Å². The molecule has 4 rings (SSSR count). The number of carboxylic acid groups (broad SMARTS) is 1. The van der Waals surface area contributed by atoms with Gasteiger partial charge >= 0.3 is 11.8 Å². The molecule has 13 heteroatoms. The van der Waals surface area contributed by atoms with Gasteiger partial charge in [0.1, 0.15) is 24.1 Å². The smallest absolute Gasteiger partial charge is 0.370 e. The molecule has 146 valence electrons. The molecule has 0 aliphatic carbocycles. The van der Waals surface area contributed by atoms with Crippen LogP contribution in [0.4, 0.5) is 5.82 Å². The molecule has 2 aromatic heterocycles. The zero-order valence-electron chi connectivity index (χ0n) is 14.2. The Bertz CT molecular complexity index is 903. The molecule has 1 unspecified atom stereocenters. The second-order valence-corrected chi connectivity index (χ2v) is 6.65. The van der Waals surface area contributed by atoms with E-state index in [2.05, 4.69) is 15.0 Å². The van der Waals surface area contributed by atoms with Gasteiger partial charge in [-0.1, -0.05) is 0 Å². The van der Waals surface area contributed by atoms with E-state index in [0.717, 1.165) is 0 Å². The van der Waals surface area contributed by atoms with Crippen LogP contribution in [0.3, 0.4) is 0 Å². The number of nitrogen functional groups attached to an aromatic ring is 1. The van der Waals surface area contributed by atoms with Gasteiger partial charge in [-0.2, -0.15) is 9.78 Å². The van der Waals surface area contributed by atoms with Crippen molar-refractivity contribution in [2.45, 2.75) is 50.0 Å². The molecule has 0 saturated carbocycles. The molecular weight excluding hydrogens is 366 g/mol. The van der Waals surface area contributed by atoms with E-state index in [1.807, 2.05) is 0 Å². The van der Waals surface area contributed by atoms with Crippen LogP contribution in [0.25, 0.3) is 11.2 Å². The summed E-state index contributed by atoms with van der Waals surface area (Å²) in [6.45, 7) is 2.85. The monoisotopic (exact) mass is 383 g/mol. The van der Waals surface area contributed by atoms with Gasteiger partial charge in [-0.25, -0.2) is 19.7 Å². The highest BCUT2D eigenvalue weighted by Crippen LogP contribution is 2.43. The summed E-state index contributed by atoms with van der Waals surface area (Å²) in [5, 5.41) is 30.6. The number of aliphatic carboxylic acids is 1. The fraction of sp³-hybridized carbons (Fsp3) is 0.571. The summed E-state index contributed by atoms with van der Waals surface area (Å²) >= 11 is 0. The number of hydrogen-bond donors (Lipinski definition) is 4. The Morgan fingerprint density at radius 2 is 1.96 bits per heavy atom. The lowest BCUT2D eigenvalue weighted by atomic mass is 10.0. The maximum atomic E-state index is 11.8. The molecule has 2 aliphatic heterocycles. The van der Waals surface area contributed by atoms with Crippen molar-refractivity contribution >= 4 is 23.0 Å². The highest BCUT2D eigenvalue weighted by molar-refractivity contribution is 5.81. The van der Waals surface area contributed by atoms with Crippen LogP contribution in [0.5, 0.6) is 0 Å². The van der Waals surface area contributed by atoms with E-state index in [9.17, 15) is 20.1 Å². The Kier molecular flexibility index (Phi) is 3.85. The predicted molar refractivity (Wildman–Crippen MR) is 83.4 cm³/mol. The van der Waals surface area contributed by atoms with Crippen LogP contribution in [0, 0.1) is 0 Å². The molecule has 5 atom stereocenters. The number of aliphatic hydroxyl groups excluding tert-OH is 2. The van der Waals surface area contributed by atoms with E-state index in [1.54, 1.807) is 0 Å². The zero-order valence-corrected chi connectivity index (χ0v) is 14.2. The van der Waals surface area contributed by atoms with Crippen molar-refractivity contribution in [1.82, 2.24) is 19.5 Å². The average Bonchev–Trinajstić information content (AvgIpc) is 3.25. The van der Waals surface area contributed by atoms with Crippen molar-refractivity contribution in [2.24, 2.45) is 0 Å². The summed E-state index contributed by atoms with van der Waals surface area (Å²) in [7, 11) is 0. The molecule has 13 nitrogen and oxygen atoms in total. The van der Waals surface area contributed by atoms with Crippen molar-refractivity contribution in [3.8, 4) is 0 Å². The normalized spacial score (nSPS) is 35.7. The number of hydrogen-bond acceptors (Lipinski definition) is 11. The minimum atomic E-state index is -2.48. The number of carboxylic acids is 1. The Balaban J connectivity index is 1.72. The lowest BCUT2D eigenvalue weighted by Gasteiger charge is -2.28. The molecule has 0 amide bonds. The summed E-state index contributed by atoms with van der Waals surface area (Å²) in [4.78, 5) is 33.5. The first-order valence-electron chi connectivity index (χ1n) is 7.91. The molecule has 2 fully saturated rings. The van der Waals surface area contributed by atoms with Crippen molar-refractivity contribution in [3.63, 3.8) is 0 Å². The minimum absolute atomic E-state index is 0.114. The number of aromatic nitrogens is 4. The van der Waals surface area contributed by atoms with Crippen molar-refractivity contribution in [1.29, 1.82) is 0 Å². The standard InChI is InChI=1S/C14H17N5O8/c1-13(2)25-14(12(22)23,27-26-13)8-6(20)7(21)11(24-8)19-4-18-5-9(15)16-3-17-10(5)19/h3-4,6-8,11,20-21H,1-2H3,(H,22,23)(H2,15,16,17)/t6-,7+,8-,11+,14?/m0/s1. The largest absolute Gasteiger partial charge is 0.477 e. The third kappa shape index (κ3) is 2.55. The van der Waals surface area contributed by atoms with Gasteiger partial charge in [-0.3, -0.25) is 4.57 Å². The quantitative estimate of drug-likeness (QED) is 0.451. The molecular formula is C14H17N5O8. The van der Waals surface area contributed by atoms with Crippen LogP contribution >= 0.6 is 0 Å². The summed E-state index contributed by atoms with van der Waals surface area (Å²) in [6, 6.07) is 0. The van der Waals surface area contributed by atoms with Crippen LogP contribution in [-0.2, 0) is 24.0 Å². The molecule has 0 spiro atoms. The second-order valence-electron chi connectivity index (χ2n) is 6.65. The Hall–Kier alpha value is -2.42. The number of ether oxygens (including phenoxy) is 2. The fourth-order valence-corrected chi connectivity index (χ4v) is 3.13. The second kappa shape index (κ2) is 5.79. The van der Waals surface area contributed by atoms with Crippen LogP contribution in [-0.4, -0.2) is 70.7 Å². The lowest BCUT2D eigenvalue weighted by Crippen LogP contribution is -2.56. The highest BCUT2D eigenvalue weighted by Gasteiger charge is 2.66. The van der Waals surface area contributed by atoms with Gasteiger partial charge in [0, 0.05) is 0 Å². The average molecular weight is 383 g/mol. The number of nitrogens with zero attached hydrogens (tertiary/aromatic N) is 4. The van der Waals surface area contributed by atoms with Crippen molar-refractivity contribution < 1.29 is 39.4 Å². The Labute approximate surface area is 151 Å². The van der Waals surface area contributed by atoms with Gasteiger partial charge < -0.3 is 30.5 Å². The summed E-state index contributed by atoms with van der Waals surface area (Å²) in [5.41, 5.74) is 6.23. The number of carbonyl (C=O) groups is 1. The van der Waals surface area contributed by atoms with Crippen molar-refractivity contribution in [3.05, 3.63) is 12.7 Å². The van der Waals surface area contributed by atoms with E-state index >= 15 is 0 Å². The van der Waals surface area contributed by atoms with Gasteiger partial charge in [0.15, 0.2) is 29.6 Å². The molecule has 2 aliphatic rings. The number of aliphatic hydroxyl groups is 2. The third-order valence-electron chi connectivity index (χ3n) is 4.34. The van der Waals surface area contributed by atoms with Crippen LogP contribution in [0.15, 0.2) is 12.7 Å². The number of nitrogens with two attached hydrogens (primary N) is 1. The van der Waals surface area contributed by atoms with Crippen LogP contribution < -0.4 is 5.73 Å².